The molecule has 0 amide bonds. The van der Waals surface area contributed by atoms with Crippen LogP contribution in [-0.4, -0.2) is 21.2 Å². The van der Waals surface area contributed by atoms with E-state index in [1.165, 1.54) is 22.3 Å². The number of aromatic nitrogens is 2. The van der Waals surface area contributed by atoms with Crippen LogP contribution in [0.5, 0.6) is 0 Å². The molecule has 5 nitrogen and oxygen atoms in total. The first kappa shape index (κ1) is 16.8. The van der Waals surface area contributed by atoms with Gasteiger partial charge in [0, 0.05) is 29.5 Å². The van der Waals surface area contributed by atoms with E-state index in [2.05, 4.69) is 23.9 Å². The van der Waals surface area contributed by atoms with E-state index in [1.54, 1.807) is 0 Å². The van der Waals surface area contributed by atoms with Gasteiger partial charge in [0.05, 0.1) is 5.39 Å². The third-order valence-electron chi connectivity index (χ3n) is 4.57. The molecule has 0 unspecified atom stereocenters. The maximum absolute atomic E-state index is 13.0. The van der Waals surface area contributed by atoms with Crippen molar-refractivity contribution >= 4 is 33.0 Å². The SMILES string of the molecule is CC1(C)CC(=O)CC(=Nn2cnc3scc(-c4ccccc4)c3c2=O)C1. The number of benzene rings is 1. The van der Waals surface area contributed by atoms with Crippen molar-refractivity contribution in [3.8, 4) is 11.1 Å². The summed E-state index contributed by atoms with van der Waals surface area (Å²) in [5.41, 5.74) is 2.28. The number of rotatable bonds is 2. The summed E-state index contributed by atoms with van der Waals surface area (Å²) in [5.74, 6) is 0.169. The van der Waals surface area contributed by atoms with Crippen LogP contribution in [-0.2, 0) is 4.79 Å². The van der Waals surface area contributed by atoms with Crippen molar-refractivity contribution in [1.82, 2.24) is 9.66 Å². The van der Waals surface area contributed by atoms with Gasteiger partial charge in [-0.2, -0.15) is 9.78 Å². The lowest BCUT2D eigenvalue weighted by atomic mass is 9.76. The summed E-state index contributed by atoms with van der Waals surface area (Å²) in [6.45, 7) is 4.10. The first-order valence-electron chi connectivity index (χ1n) is 8.56. The first-order valence-corrected chi connectivity index (χ1v) is 9.44. The second kappa shape index (κ2) is 6.29. The highest BCUT2D eigenvalue weighted by Gasteiger charge is 2.30. The van der Waals surface area contributed by atoms with Gasteiger partial charge in [-0.1, -0.05) is 44.2 Å². The Morgan fingerprint density at radius 1 is 1.15 bits per heavy atom. The number of hydrogen-bond donors (Lipinski definition) is 0. The Balaban J connectivity index is 1.83. The molecule has 1 aromatic carbocycles. The molecule has 0 atom stereocenters. The predicted molar refractivity (Wildman–Crippen MR) is 105 cm³/mol. The molecular formula is C20H19N3O2S. The molecule has 0 N–H and O–H groups in total. The largest absolute Gasteiger partial charge is 0.299 e. The summed E-state index contributed by atoms with van der Waals surface area (Å²) in [6, 6.07) is 9.80. The number of ketones is 1. The van der Waals surface area contributed by atoms with E-state index in [1.807, 2.05) is 35.7 Å². The van der Waals surface area contributed by atoms with Gasteiger partial charge in [0.2, 0.25) is 0 Å². The van der Waals surface area contributed by atoms with Crippen LogP contribution in [0.1, 0.15) is 33.1 Å². The molecular weight excluding hydrogens is 346 g/mol. The lowest BCUT2D eigenvalue weighted by molar-refractivity contribution is -0.120. The zero-order valence-electron chi connectivity index (χ0n) is 14.7. The van der Waals surface area contributed by atoms with Gasteiger partial charge in [0.25, 0.3) is 5.56 Å². The molecule has 0 aliphatic heterocycles. The number of thiophene rings is 1. The molecule has 26 heavy (non-hydrogen) atoms. The minimum Gasteiger partial charge on any atom is -0.299 e. The van der Waals surface area contributed by atoms with E-state index in [-0.39, 0.29) is 16.8 Å². The Morgan fingerprint density at radius 2 is 1.92 bits per heavy atom. The van der Waals surface area contributed by atoms with Crippen molar-refractivity contribution in [1.29, 1.82) is 0 Å². The molecule has 6 heteroatoms. The fourth-order valence-corrected chi connectivity index (χ4v) is 4.46. The second-order valence-electron chi connectivity index (χ2n) is 7.49. The van der Waals surface area contributed by atoms with E-state index in [9.17, 15) is 9.59 Å². The maximum atomic E-state index is 13.0. The summed E-state index contributed by atoms with van der Waals surface area (Å²) >= 11 is 1.45. The Bertz CT molecular complexity index is 1080. The maximum Gasteiger partial charge on any atom is 0.283 e. The van der Waals surface area contributed by atoms with Gasteiger partial charge < -0.3 is 0 Å². The summed E-state index contributed by atoms with van der Waals surface area (Å²) in [4.78, 5) is 30.1. The van der Waals surface area contributed by atoms with Crippen molar-refractivity contribution < 1.29 is 4.79 Å². The van der Waals surface area contributed by atoms with Crippen molar-refractivity contribution in [2.75, 3.05) is 0 Å². The average molecular weight is 365 g/mol. The second-order valence-corrected chi connectivity index (χ2v) is 8.35. The quantitative estimate of drug-likeness (QED) is 0.686. The molecule has 1 saturated carbocycles. The summed E-state index contributed by atoms with van der Waals surface area (Å²) in [7, 11) is 0. The molecule has 2 heterocycles. The minimum absolute atomic E-state index is 0.118. The van der Waals surface area contributed by atoms with Crippen LogP contribution in [0.3, 0.4) is 0 Å². The number of carbonyl (C=O) groups excluding carboxylic acids is 1. The molecule has 4 rings (SSSR count). The molecule has 2 aromatic heterocycles. The number of hydrogen-bond acceptors (Lipinski definition) is 5. The first-order chi connectivity index (χ1) is 12.4. The third kappa shape index (κ3) is 3.12. The minimum atomic E-state index is -0.196. The van der Waals surface area contributed by atoms with Gasteiger partial charge in [0.1, 0.15) is 16.9 Å². The molecule has 0 radical (unpaired) electrons. The molecule has 1 aliphatic carbocycles. The smallest absolute Gasteiger partial charge is 0.283 e. The van der Waals surface area contributed by atoms with Crippen LogP contribution in [0.2, 0.25) is 0 Å². The van der Waals surface area contributed by atoms with Crippen molar-refractivity contribution in [2.24, 2.45) is 10.5 Å². The fourth-order valence-electron chi connectivity index (χ4n) is 3.55. The van der Waals surface area contributed by atoms with E-state index in [4.69, 9.17) is 0 Å². The van der Waals surface area contributed by atoms with Crippen LogP contribution in [0.15, 0.2) is 51.9 Å². The third-order valence-corrected chi connectivity index (χ3v) is 5.46. The van der Waals surface area contributed by atoms with Crippen LogP contribution in [0, 0.1) is 5.41 Å². The van der Waals surface area contributed by atoms with Crippen LogP contribution in [0.4, 0.5) is 0 Å². The van der Waals surface area contributed by atoms with E-state index < -0.39 is 0 Å². The average Bonchev–Trinajstić information content (AvgIpc) is 3.01. The van der Waals surface area contributed by atoms with Crippen molar-refractivity contribution in [3.05, 3.63) is 52.4 Å². The Kier molecular flexibility index (Phi) is 4.07. The standard InChI is InChI=1S/C20H19N3O2S/c1-20(2)9-14(8-15(24)10-20)22-23-12-21-18-17(19(23)25)16(11-26-18)13-6-4-3-5-7-13/h3-7,11-12H,8-10H2,1-2H3. The fraction of sp³-hybridized carbons (Fsp3) is 0.300. The molecule has 0 bridgehead atoms. The van der Waals surface area contributed by atoms with Gasteiger partial charge >= 0.3 is 0 Å². The molecule has 132 valence electrons. The number of nitrogens with zero attached hydrogens (tertiary/aromatic N) is 3. The Labute approximate surface area is 155 Å². The molecule has 1 aliphatic rings. The summed E-state index contributed by atoms with van der Waals surface area (Å²) in [6.07, 6.45) is 3.03. The van der Waals surface area contributed by atoms with E-state index in [0.29, 0.717) is 29.5 Å². The van der Waals surface area contributed by atoms with E-state index >= 15 is 0 Å². The van der Waals surface area contributed by atoms with Gasteiger partial charge in [-0.25, -0.2) is 4.98 Å². The van der Waals surface area contributed by atoms with Crippen molar-refractivity contribution in [3.63, 3.8) is 0 Å². The molecule has 1 fully saturated rings. The highest BCUT2D eigenvalue weighted by Crippen LogP contribution is 2.32. The van der Waals surface area contributed by atoms with Crippen LogP contribution >= 0.6 is 11.3 Å². The predicted octanol–water partition coefficient (Wildman–Crippen LogP) is 4.11. The lowest BCUT2D eigenvalue weighted by Crippen LogP contribution is -2.30. The normalized spacial score (nSPS) is 18.5. The highest BCUT2D eigenvalue weighted by atomic mass is 32.1. The lowest BCUT2D eigenvalue weighted by Gasteiger charge is -2.29. The van der Waals surface area contributed by atoms with Crippen LogP contribution < -0.4 is 5.56 Å². The molecule has 0 saturated heterocycles. The van der Waals surface area contributed by atoms with E-state index in [0.717, 1.165) is 16.8 Å². The Hall–Kier alpha value is -2.60. The summed E-state index contributed by atoms with van der Waals surface area (Å²) < 4.78 is 1.28. The topological polar surface area (TPSA) is 64.3 Å². The number of carbonyl (C=O) groups is 1. The molecule has 0 spiro atoms. The van der Waals surface area contributed by atoms with Gasteiger partial charge in [-0.3, -0.25) is 9.59 Å². The number of fused-ring (bicyclic) bond motifs is 1. The number of Topliss-reactive ketones (excluding diaryl/α,β-unsaturated/α-hetero) is 1. The summed E-state index contributed by atoms with van der Waals surface area (Å²) in [5, 5.41) is 7.01. The van der Waals surface area contributed by atoms with Gasteiger partial charge in [0.15, 0.2) is 0 Å². The van der Waals surface area contributed by atoms with Gasteiger partial charge in [-0.15, -0.1) is 11.3 Å². The zero-order chi connectivity index (χ0) is 18.3. The monoisotopic (exact) mass is 365 g/mol. The zero-order valence-corrected chi connectivity index (χ0v) is 15.5. The van der Waals surface area contributed by atoms with Crippen LogP contribution in [0.25, 0.3) is 21.3 Å². The van der Waals surface area contributed by atoms with Gasteiger partial charge in [-0.05, 0) is 17.4 Å². The van der Waals surface area contributed by atoms with Crippen molar-refractivity contribution in [2.45, 2.75) is 33.1 Å². The highest BCUT2D eigenvalue weighted by molar-refractivity contribution is 7.17. The molecule has 3 aromatic rings. The Morgan fingerprint density at radius 3 is 2.65 bits per heavy atom.